The lowest BCUT2D eigenvalue weighted by Crippen LogP contribution is -2.52. The second kappa shape index (κ2) is 8.73. The third-order valence-electron chi connectivity index (χ3n) is 5.10. The van der Waals surface area contributed by atoms with Gasteiger partial charge in [-0.3, -0.25) is 9.59 Å². The first-order chi connectivity index (χ1) is 12.0. The monoisotopic (exact) mass is 381 g/mol. The summed E-state index contributed by atoms with van der Waals surface area (Å²) in [5.41, 5.74) is 6.80. The van der Waals surface area contributed by atoms with Crippen LogP contribution in [0.1, 0.15) is 39.5 Å². The molecular formula is C19H28ClN3O3. The summed E-state index contributed by atoms with van der Waals surface area (Å²) >= 11 is 0. The zero-order chi connectivity index (χ0) is 18.0. The molecule has 2 aliphatic rings. The number of anilines is 1. The summed E-state index contributed by atoms with van der Waals surface area (Å²) in [6, 6.07) is 7.53. The van der Waals surface area contributed by atoms with Crippen LogP contribution in [0.2, 0.25) is 0 Å². The number of nitrogens with zero attached hydrogens (tertiary/aromatic N) is 2. The first kappa shape index (κ1) is 20.5. The van der Waals surface area contributed by atoms with Crippen LogP contribution in [0.25, 0.3) is 0 Å². The highest BCUT2D eigenvalue weighted by Gasteiger charge is 2.33. The zero-order valence-corrected chi connectivity index (χ0v) is 16.2. The number of carbonyl (C=O) groups excluding carboxylic acids is 2. The summed E-state index contributed by atoms with van der Waals surface area (Å²) in [5.74, 6) is 0.661. The fourth-order valence-corrected chi connectivity index (χ4v) is 3.75. The molecule has 0 bridgehead atoms. The smallest absolute Gasteiger partial charge is 0.267 e. The minimum absolute atomic E-state index is 0. The van der Waals surface area contributed by atoms with E-state index >= 15 is 0 Å². The Morgan fingerprint density at radius 1 is 1.35 bits per heavy atom. The molecule has 3 atom stereocenters. The molecule has 0 aromatic heterocycles. The van der Waals surface area contributed by atoms with Crippen LogP contribution in [0.5, 0.6) is 5.75 Å². The van der Waals surface area contributed by atoms with Crippen molar-refractivity contribution in [3.63, 3.8) is 0 Å². The van der Waals surface area contributed by atoms with Crippen molar-refractivity contribution in [2.24, 2.45) is 5.73 Å². The lowest BCUT2D eigenvalue weighted by molar-refractivity contribution is -0.135. The number of benzene rings is 1. The summed E-state index contributed by atoms with van der Waals surface area (Å²) < 4.78 is 5.64. The van der Waals surface area contributed by atoms with E-state index in [-0.39, 0.29) is 36.3 Å². The van der Waals surface area contributed by atoms with Crippen molar-refractivity contribution in [1.29, 1.82) is 0 Å². The topological polar surface area (TPSA) is 75.9 Å². The molecule has 3 unspecified atom stereocenters. The molecule has 2 amide bonds. The van der Waals surface area contributed by atoms with Crippen LogP contribution < -0.4 is 15.4 Å². The number of hydrogen-bond acceptors (Lipinski definition) is 4. The van der Waals surface area contributed by atoms with Gasteiger partial charge in [0.2, 0.25) is 5.91 Å². The second-order valence-electron chi connectivity index (χ2n) is 6.98. The van der Waals surface area contributed by atoms with Crippen molar-refractivity contribution in [1.82, 2.24) is 4.90 Å². The number of likely N-dealkylation sites (tertiary alicyclic amines) is 1. The average Bonchev–Trinajstić information content (AvgIpc) is 2.62. The molecule has 2 aliphatic heterocycles. The molecule has 0 saturated carbocycles. The number of nitrogens with two attached hydrogens (primary N) is 1. The third-order valence-corrected chi connectivity index (χ3v) is 5.10. The van der Waals surface area contributed by atoms with Crippen LogP contribution in [0.3, 0.4) is 0 Å². The van der Waals surface area contributed by atoms with E-state index in [0.717, 1.165) is 31.5 Å². The van der Waals surface area contributed by atoms with Crippen molar-refractivity contribution in [2.75, 3.05) is 18.0 Å². The Morgan fingerprint density at radius 2 is 2.08 bits per heavy atom. The molecule has 0 aliphatic carbocycles. The predicted molar refractivity (Wildman–Crippen MR) is 104 cm³/mol. The summed E-state index contributed by atoms with van der Waals surface area (Å²) in [6.07, 6.45) is 2.86. The van der Waals surface area contributed by atoms with Gasteiger partial charge < -0.3 is 20.3 Å². The summed E-state index contributed by atoms with van der Waals surface area (Å²) in [7, 11) is 0. The zero-order valence-electron chi connectivity index (χ0n) is 15.4. The van der Waals surface area contributed by atoms with Crippen LogP contribution >= 0.6 is 12.4 Å². The maximum Gasteiger partial charge on any atom is 0.267 e. The number of ether oxygens (including phenoxy) is 1. The number of halogens is 1. The molecule has 1 fully saturated rings. The number of para-hydroxylation sites is 2. The van der Waals surface area contributed by atoms with Gasteiger partial charge in [-0.1, -0.05) is 12.1 Å². The lowest BCUT2D eigenvalue weighted by Gasteiger charge is -2.39. The van der Waals surface area contributed by atoms with Crippen LogP contribution in [-0.2, 0) is 9.59 Å². The Morgan fingerprint density at radius 3 is 2.81 bits per heavy atom. The molecule has 6 nitrogen and oxygen atoms in total. The van der Waals surface area contributed by atoms with Crippen LogP contribution in [0.4, 0.5) is 5.69 Å². The molecule has 7 heteroatoms. The highest BCUT2D eigenvalue weighted by molar-refractivity contribution is 6.00. The fraction of sp³-hybridized carbons (Fsp3) is 0.579. The maximum absolute atomic E-state index is 12.8. The minimum Gasteiger partial charge on any atom is -0.479 e. The van der Waals surface area contributed by atoms with Gasteiger partial charge in [0.1, 0.15) is 5.75 Å². The van der Waals surface area contributed by atoms with Crippen molar-refractivity contribution in [3.8, 4) is 5.75 Å². The van der Waals surface area contributed by atoms with E-state index in [4.69, 9.17) is 10.5 Å². The summed E-state index contributed by atoms with van der Waals surface area (Å²) in [5, 5.41) is 0. The van der Waals surface area contributed by atoms with Gasteiger partial charge in [0.25, 0.3) is 5.91 Å². The van der Waals surface area contributed by atoms with Gasteiger partial charge in [0.05, 0.1) is 5.69 Å². The Bertz CT molecular complexity index is 653. The van der Waals surface area contributed by atoms with Crippen LogP contribution in [0.15, 0.2) is 24.3 Å². The average molecular weight is 382 g/mol. The number of hydrogen-bond donors (Lipinski definition) is 1. The molecule has 2 N–H and O–H groups in total. The number of piperidine rings is 1. The minimum atomic E-state index is -0.531. The van der Waals surface area contributed by atoms with Gasteiger partial charge >= 0.3 is 0 Å². The van der Waals surface area contributed by atoms with Crippen LogP contribution in [0, 0.1) is 0 Å². The summed E-state index contributed by atoms with van der Waals surface area (Å²) in [4.78, 5) is 28.8. The van der Waals surface area contributed by atoms with E-state index in [1.165, 1.54) is 0 Å². The molecule has 1 aromatic rings. The molecule has 144 valence electrons. The van der Waals surface area contributed by atoms with Gasteiger partial charge in [-0.2, -0.15) is 0 Å². The molecule has 2 heterocycles. The highest BCUT2D eigenvalue weighted by Crippen LogP contribution is 2.33. The Hall–Kier alpha value is -1.79. The van der Waals surface area contributed by atoms with E-state index in [2.05, 4.69) is 0 Å². The normalized spacial score (nSPS) is 23.6. The SMILES string of the molecule is CC1Oc2ccccc2N(CCC(=O)N2CCCCC2C(C)N)C1=O.Cl. The largest absolute Gasteiger partial charge is 0.479 e. The van der Waals surface area contributed by atoms with Crippen molar-refractivity contribution in [2.45, 2.75) is 57.7 Å². The van der Waals surface area contributed by atoms with Gasteiger partial charge in [-0.25, -0.2) is 0 Å². The number of amides is 2. The van der Waals surface area contributed by atoms with Gasteiger partial charge in [0, 0.05) is 31.6 Å². The molecule has 26 heavy (non-hydrogen) atoms. The van der Waals surface area contributed by atoms with E-state index in [9.17, 15) is 9.59 Å². The maximum atomic E-state index is 12.8. The van der Waals surface area contributed by atoms with E-state index in [1.807, 2.05) is 36.1 Å². The predicted octanol–water partition coefficient (Wildman–Crippen LogP) is 2.34. The van der Waals surface area contributed by atoms with Crippen molar-refractivity contribution < 1.29 is 14.3 Å². The van der Waals surface area contributed by atoms with Crippen molar-refractivity contribution in [3.05, 3.63) is 24.3 Å². The van der Waals surface area contributed by atoms with Gasteiger partial charge in [-0.05, 0) is 45.2 Å². The number of carbonyl (C=O) groups is 2. The second-order valence-corrected chi connectivity index (χ2v) is 6.98. The first-order valence-corrected chi connectivity index (χ1v) is 9.11. The van der Waals surface area contributed by atoms with E-state index < -0.39 is 6.10 Å². The standard InChI is InChI=1S/C19H27N3O3.ClH/c1-13(20)15-7-5-6-11-21(15)18(23)10-12-22-16-8-3-4-9-17(16)25-14(2)19(22)24;/h3-4,8-9,13-15H,5-7,10-12,20H2,1-2H3;1H. The highest BCUT2D eigenvalue weighted by atomic mass is 35.5. The first-order valence-electron chi connectivity index (χ1n) is 9.11. The molecule has 1 aromatic carbocycles. The van der Waals surface area contributed by atoms with E-state index in [0.29, 0.717) is 18.7 Å². The molecule has 3 rings (SSSR count). The lowest BCUT2D eigenvalue weighted by atomic mass is 9.96. The van der Waals surface area contributed by atoms with Gasteiger partial charge in [0.15, 0.2) is 6.10 Å². The van der Waals surface area contributed by atoms with E-state index in [1.54, 1.807) is 11.8 Å². The van der Waals surface area contributed by atoms with Crippen LogP contribution in [-0.4, -0.2) is 48.0 Å². The fourth-order valence-electron chi connectivity index (χ4n) is 3.75. The summed E-state index contributed by atoms with van der Waals surface area (Å²) in [6.45, 7) is 4.82. The number of fused-ring (bicyclic) bond motifs is 1. The Labute approximate surface area is 161 Å². The Balaban J connectivity index is 0.00000243. The quantitative estimate of drug-likeness (QED) is 0.868. The van der Waals surface area contributed by atoms with Crippen molar-refractivity contribution >= 4 is 29.9 Å². The Kier molecular flexibility index (Phi) is 6.89. The molecular weight excluding hydrogens is 354 g/mol. The third kappa shape index (κ3) is 4.13. The molecule has 0 spiro atoms. The number of rotatable bonds is 4. The molecule has 0 radical (unpaired) electrons. The molecule has 1 saturated heterocycles. The van der Waals surface area contributed by atoms with Gasteiger partial charge in [-0.15, -0.1) is 12.4 Å².